The van der Waals surface area contributed by atoms with Gasteiger partial charge >= 0.3 is 0 Å². The van der Waals surface area contributed by atoms with Gasteiger partial charge in [0.15, 0.2) is 0 Å². The van der Waals surface area contributed by atoms with Gasteiger partial charge < -0.3 is 14.5 Å². The molecule has 0 radical (unpaired) electrons. The number of hydrogen-bond acceptors (Lipinski definition) is 3. The van der Waals surface area contributed by atoms with Gasteiger partial charge in [-0.1, -0.05) is 29.8 Å². The predicted molar refractivity (Wildman–Crippen MR) is 108 cm³/mol. The van der Waals surface area contributed by atoms with Crippen molar-refractivity contribution in [3.8, 4) is 0 Å². The van der Waals surface area contributed by atoms with Crippen LogP contribution in [0.4, 0.5) is 10.1 Å². The van der Waals surface area contributed by atoms with E-state index in [1.165, 1.54) is 17.7 Å². The molecule has 0 bridgehead atoms. The predicted octanol–water partition coefficient (Wildman–Crippen LogP) is 3.10. The highest BCUT2D eigenvalue weighted by molar-refractivity contribution is 5.95. The number of piperidine rings is 1. The third-order valence-corrected chi connectivity index (χ3v) is 5.89. The Bertz CT molecular complexity index is 887. The number of carbonyl (C=O) groups excluding carboxylic acids is 2. The Morgan fingerprint density at radius 3 is 2.38 bits per heavy atom. The summed E-state index contributed by atoms with van der Waals surface area (Å²) in [6, 6.07) is 14.0. The first-order chi connectivity index (χ1) is 13.9. The van der Waals surface area contributed by atoms with E-state index in [4.69, 9.17) is 4.74 Å². The molecule has 0 N–H and O–H groups in total. The largest absolute Gasteiger partial charge is 0.363 e. The zero-order chi connectivity index (χ0) is 20.4. The van der Waals surface area contributed by atoms with E-state index in [0.29, 0.717) is 44.6 Å². The Balaban J connectivity index is 1.38. The summed E-state index contributed by atoms with van der Waals surface area (Å²) in [4.78, 5) is 28.6. The second kappa shape index (κ2) is 7.95. The molecule has 152 valence electrons. The van der Waals surface area contributed by atoms with E-state index < -0.39 is 5.60 Å². The lowest BCUT2D eigenvalue weighted by molar-refractivity contribution is -0.150. The molecule has 2 aromatic carbocycles. The minimum absolute atomic E-state index is 0.00862. The zero-order valence-corrected chi connectivity index (χ0v) is 16.6. The lowest BCUT2D eigenvalue weighted by Gasteiger charge is -2.47. The molecule has 2 amide bonds. The monoisotopic (exact) mass is 396 g/mol. The van der Waals surface area contributed by atoms with Gasteiger partial charge in [0, 0.05) is 18.8 Å². The average Bonchev–Trinajstić information content (AvgIpc) is 2.73. The highest BCUT2D eigenvalue weighted by Crippen LogP contribution is 2.33. The Morgan fingerprint density at radius 2 is 1.72 bits per heavy atom. The number of aryl methyl sites for hydroxylation is 1. The van der Waals surface area contributed by atoms with Crippen LogP contribution >= 0.6 is 0 Å². The number of nitrogens with zero attached hydrogens (tertiary/aromatic N) is 2. The number of anilines is 1. The molecule has 29 heavy (non-hydrogen) atoms. The molecule has 2 fully saturated rings. The zero-order valence-electron chi connectivity index (χ0n) is 16.6. The second-order valence-corrected chi connectivity index (χ2v) is 7.97. The highest BCUT2D eigenvalue weighted by Gasteiger charge is 2.43. The van der Waals surface area contributed by atoms with Gasteiger partial charge in [-0.2, -0.15) is 0 Å². The summed E-state index contributed by atoms with van der Waals surface area (Å²) in [5.74, 6) is -0.337. The van der Waals surface area contributed by atoms with Gasteiger partial charge in [0.1, 0.15) is 12.4 Å². The number of benzene rings is 2. The molecule has 2 heterocycles. The summed E-state index contributed by atoms with van der Waals surface area (Å²) in [6.45, 7) is 3.68. The Morgan fingerprint density at radius 1 is 1.07 bits per heavy atom. The average molecular weight is 396 g/mol. The molecule has 0 aliphatic carbocycles. The van der Waals surface area contributed by atoms with Gasteiger partial charge in [-0.3, -0.25) is 9.59 Å². The van der Waals surface area contributed by atoms with Gasteiger partial charge in [0.25, 0.3) is 5.91 Å². The number of morpholine rings is 1. The van der Waals surface area contributed by atoms with E-state index in [-0.39, 0.29) is 24.2 Å². The molecule has 0 saturated carbocycles. The second-order valence-electron chi connectivity index (χ2n) is 7.97. The van der Waals surface area contributed by atoms with Crippen molar-refractivity contribution in [1.82, 2.24) is 4.90 Å². The van der Waals surface area contributed by atoms with Crippen LogP contribution in [0.1, 0.15) is 24.0 Å². The van der Waals surface area contributed by atoms with Crippen LogP contribution in [-0.2, 0) is 20.7 Å². The third kappa shape index (κ3) is 4.32. The van der Waals surface area contributed by atoms with E-state index in [0.717, 1.165) is 5.56 Å². The fourth-order valence-corrected chi connectivity index (χ4v) is 4.03. The van der Waals surface area contributed by atoms with E-state index in [9.17, 15) is 14.0 Å². The molecule has 0 aromatic heterocycles. The summed E-state index contributed by atoms with van der Waals surface area (Å²) in [5, 5.41) is 0. The lowest BCUT2D eigenvalue weighted by Crippen LogP contribution is -2.59. The molecule has 2 saturated heterocycles. The molecule has 4 rings (SSSR count). The maximum atomic E-state index is 13.2. The van der Waals surface area contributed by atoms with Crippen LogP contribution in [0.25, 0.3) is 0 Å². The van der Waals surface area contributed by atoms with E-state index >= 15 is 0 Å². The molecule has 2 aliphatic rings. The highest BCUT2D eigenvalue weighted by atomic mass is 19.1. The number of hydrogen-bond donors (Lipinski definition) is 0. The van der Waals surface area contributed by atoms with Crippen LogP contribution in [0, 0.1) is 12.7 Å². The summed E-state index contributed by atoms with van der Waals surface area (Å²) < 4.78 is 19.2. The molecule has 1 spiro atoms. The van der Waals surface area contributed by atoms with Crippen molar-refractivity contribution in [3.05, 3.63) is 65.5 Å². The molecule has 6 heteroatoms. The van der Waals surface area contributed by atoms with Gasteiger partial charge in [-0.25, -0.2) is 4.39 Å². The minimum atomic E-state index is -0.455. The number of amides is 2. The number of halogens is 1. The van der Waals surface area contributed by atoms with E-state index in [1.807, 2.05) is 36.1 Å². The molecular weight excluding hydrogens is 371 g/mol. The molecule has 0 unspecified atom stereocenters. The Labute approximate surface area is 170 Å². The van der Waals surface area contributed by atoms with Crippen LogP contribution in [0.3, 0.4) is 0 Å². The quantitative estimate of drug-likeness (QED) is 0.801. The normalized spacial score (nSPS) is 18.9. The first kappa shape index (κ1) is 19.6. The van der Waals surface area contributed by atoms with Crippen LogP contribution in [-0.4, -0.2) is 48.6 Å². The molecule has 0 atom stereocenters. The lowest BCUT2D eigenvalue weighted by atomic mass is 9.88. The van der Waals surface area contributed by atoms with Gasteiger partial charge in [0.05, 0.1) is 18.6 Å². The SMILES string of the molecule is Cc1ccc(CC(=O)N2CCC3(CC2)CN(c2ccc(F)cc2)C(=O)CO3)cc1. The standard InChI is InChI=1S/C23H25FN2O3/c1-17-2-4-18(5-3-17)14-21(27)25-12-10-23(11-13-25)16-26(22(28)15-29-23)20-8-6-19(24)7-9-20/h2-9H,10-16H2,1H3. The van der Waals surface area contributed by atoms with E-state index in [2.05, 4.69) is 0 Å². The van der Waals surface area contributed by atoms with Crippen molar-refractivity contribution in [2.24, 2.45) is 0 Å². The number of rotatable bonds is 3. The molecule has 2 aromatic rings. The number of ether oxygens (including phenoxy) is 1. The fraction of sp³-hybridized carbons (Fsp3) is 0.391. The van der Waals surface area contributed by atoms with Crippen LogP contribution in [0.2, 0.25) is 0 Å². The molecule has 2 aliphatic heterocycles. The van der Waals surface area contributed by atoms with Crippen molar-refractivity contribution in [2.75, 3.05) is 31.1 Å². The van der Waals surface area contributed by atoms with Crippen molar-refractivity contribution in [2.45, 2.75) is 31.8 Å². The number of likely N-dealkylation sites (tertiary alicyclic amines) is 1. The van der Waals surface area contributed by atoms with Crippen LogP contribution < -0.4 is 4.90 Å². The maximum absolute atomic E-state index is 13.2. The first-order valence-electron chi connectivity index (χ1n) is 9.97. The number of carbonyl (C=O) groups is 2. The van der Waals surface area contributed by atoms with Gasteiger partial charge in [-0.05, 0) is 49.6 Å². The first-order valence-corrected chi connectivity index (χ1v) is 9.97. The van der Waals surface area contributed by atoms with E-state index in [1.54, 1.807) is 17.0 Å². The fourth-order valence-electron chi connectivity index (χ4n) is 4.03. The van der Waals surface area contributed by atoms with Crippen molar-refractivity contribution >= 4 is 17.5 Å². The Kier molecular flexibility index (Phi) is 5.37. The summed E-state index contributed by atoms with van der Waals surface area (Å²) in [7, 11) is 0. The van der Waals surface area contributed by atoms with Gasteiger partial charge in [-0.15, -0.1) is 0 Å². The van der Waals surface area contributed by atoms with Gasteiger partial charge in [0.2, 0.25) is 5.91 Å². The molecular formula is C23H25FN2O3. The topological polar surface area (TPSA) is 49.9 Å². The van der Waals surface area contributed by atoms with Crippen molar-refractivity contribution in [3.63, 3.8) is 0 Å². The summed E-state index contributed by atoms with van der Waals surface area (Å²) in [5.41, 5.74) is 2.42. The smallest absolute Gasteiger partial charge is 0.253 e. The van der Waals surface area contributed by atoms with Crippen LogP contribution in [0.5, 0.6) is 0 Å². The Hall–Kier alpha value is -2.73. The van der Waals surface area contributed by atoms with Crippen molar-refractivity contribution in [1.29, 1.82) is 0 Å². The minimum Gasteiger partial charge on any atom is -0.363 e. The van der Waals surface area contributed by atoms with Crippen LogP contribution in [0.15, 0.2) is 48.5 Å². The third-order valence-electron chi connectivity index (χ3n) is 5.89. The van der Waals surface area contributed by atoms with Crippen molar-refractivity contribution < 1.29 is 18.7 Å². The molecule has 5 nitrogen and oxygen atoms in total. The maximum Gasteiger partial charge on any atom is 0.253 e. The summed E-state index contributed by atoms with van der Waals surface area (Å²) in [6.07, 6.45) is 1.75. The summed E-state index contributed by atoms with van der Waals surface area (Å²) >= 11 is 0.